The molecule has 2 N–H and O–H groups in total. The minimum absolute atomic E-state index is 0.0440. The molecule has 0 aromatic carbocycles. The maximum absolute atomic E-state index is 11.6. The third-order valence-corrected chi connectivity index (χ3v) is 8.30. The maximum atomic E-state index is 11.6. The van der Waals surface area contributed by atoms with Crippen molar-refractivity contribution >= 4 is 24.9 Å². The maximum Gasteiger partial charge on any atom is 0.397 e. The van der Waals surface area contributed by atoms with Crippen molar-refractivity contribution in [2.75, 3.05) is 6.16 Å². The molecule has 9 heteroatoms. The van der Waals surface area contributed by atoms with Crippen LogP contribution in [0.25, 0.3) is 0 Å². The first-order chi connectivity index (χ1) is 13.2. The Morgan fingerprint density at radius 1 is 1.03 bits per heavy atom. The van der Waals surface area contributed by atoms with Crippen LogP contribution in [0.5, 0.6) is 0 Å². The second-order valence-electron chi connectivity index (χ2n) is 10.9. The molecule has 7 nitrogen and oxygen atoms in total. The van der Waals surface area contributed by atoms with E-state index in [0.29, 0.717) is 19.0 Å². The number of hydrogen-bond donors (Lipinski definition) is 2. The molecule has 0 saturated carbocycles. The number of carbonyl (C=O) groups excluding carboxylic acids is 1. The molecule has 0 amide bonds. The van der Waals surface area contributed by atoms with Gasteiger partial charge in [0.05, 0.1) is 6.10 Å². The molecule has 180 valence electrons. The van der Waals surface area contributed by atoms with Crippen LogP contribution >= 0.6 is 8.58 Å². The highest BCUT2D eigenvalue weighted by Crippen LogP contribution is 2.52. The van der Waals surface area contributed by atoms with Crippen molar-refractivity contribution in [2.24, 2.45) is 22.2 Å². The number of esters is 1. The van der Waals surface area contributed by atoms with E-state index in [0.717, 1.165) is 0 Å². The van der Waals surface area contributed by atoms with Crippen molar-refractivity contribution in [2.45, 2.75) is 100 Å². The molecule has 4 unspecified atom stereocenters. The molecule has 0 rings (SSSR count). The van der Waals surface area contributed by atoms with Gasteiger partial charge in [-0.2, -0.15) is 8.42 Å². The lowest BCUT2D eigenvalue weighted by Crippen LogP contribution is -2.46. The Hall–Kier alpha value is -0.270. The van der Waals surface area contributed by atoms with Crippen molar-refractivity contribution in [1.82, 2.24) is 0 Å². The number of hydrogen-bond acceptors (Lipinski definition) is 6. The van der Waals surface area contributed by atoms with E-state index in [1.165, 1.54) is 6.92 Å². The van der Waals surface area contributed by atoms with Crippen LogP contribution in [0.15, 0.2) is 0 Å². The molecule has 0 aromatic heterocycles. The largest absolute Gasteiger partial charge is 0.462 e. The van der Waals surface area contributed by atoms with E-state index in [-0.39, 0.29) is 32.0 Å². The Morgan fingerprint density at radius 2 is 1.53 bits per heavy atom. The summed E-state index contributed by atoms with van der Waals surface area (Å²) in [6.45, 7) is 19.1. The molecule has 0 radical (unpaired) electrons. The van der Waals surface area contributed by atoms with Gasteiger partial charge in [-0.25, -0.2) is 4.18 Å². The molecule has 0 aliphatic rings. The quantitative estimate of drug-likeness (QED) is 0.243. The Morgan fingerprint density at radius 3 is 1.90 bits per heavy atom. The zero-order valence-corrected chi connectivity index (χ0v) is 22.1. The van der Waals surface area contributed by atoms with Crippen molar-refractivity contribution in [3.63, 3.8) is 0 Å². The van der Waals surface area contributed by atoms with E-state index < -0.39 is 33.2 Å². The van der Waals surface area contributed by atoms with E-state index in [1.807, 2.05) is 62.3 Å². The summed E-state index contributed by atoms with van der Waals surface area (Å²) in [5.41, 5.74) is -1.28. The molecule has 0 bridgehead atoms. The molecular formula is C21H43O7PS. The molecule has 0 aromatic rings. The summed E-state index contributed by atoms with van der Waals surface area (Å²) in [5.74, 6) is -1.11. The van der Waals surface area contributed by atoms with Gasteiger partial charge in [-0.3, -0.25) is 9.35 Å². The van der Waals surface area contributed by atoms with Crippen LogP contribution in [-0.4, -0.2) is 48.3 Å². The van der Waals surface area contributed by atoms with Crippen molar-refractivity contribution in [3.8, 4) is 0 Å². The van der Waals surface area contributed by atoms with Crippen LogP contribution in [0, 0.1) is 22.2 Å². The summed E-state index contributed by atoms with van der Waals surface area (Å²) < 4.78 is 43.1. The zero-order valence-electron chi connectivity index (χ0n) is 20.3. The van der Waals surface area contributed by atoms with Gasteiger partial charge in [-0.1, -0.05) is 70.9 Å². The predicted octanol–water partition coefficient (Wildman–Crippen LogP) is 4.64. The second-order valence-corrected chi connectivity index (χ2v) is 13.3. The summed E-state index contributed by atoms with van der Waals surface area (Å²) in [7, 11) is -4.72. The Bertz CT molecular complexity index is 651. The van der Waals surface area contributed by atoms with Gasteiger partial charge in [0.25, 0.3) is 0 Å². The van der Waals surface area contributed by atoms with Crippen molar-refractivity contribution in [1.29, 1.82) is 0 Å². The topological polar surface area (TPSA) is 110 Å². The number of aliphatic hydroxyl groups is 1. The van der Waals surface area contributed by atoms with Gasteiger partial charge in [0.15, 0.2) is 0 Å². The van der Waals surface area contributed by atoms with E-state index >= 15 is 0 Å². The fourth-order valence-corrected chi connectivity index (χ4v) is 5.95. The molecule has 0 saturated heterocycles. The van der Waals surface area contributed by atoms with Gasteiger partial charge in [0, 0.05) is 12.3 Å². The highest BCUT2D eigenvalue weighted by atomic mass is 32.3. The molecule has 0 heterocycles. The summed E-state index contributed by atoms with van der Waals surface area (Å²) in [6.07, 6.45) is 0.508. The fraction of sp³-hybridized carbons (Fsp3) is 0.952. The van der Waals surface area contributed by atoms with Crippen LogP contribution in [0.4, 0.5) is 0 Å². The first-order valence-electron chi connectivity index (χ1n) is 10.4. The van der Waals surface area contributed by atoms with Crippen LogP contribution in [0.3, 0.4) is 0 Å². The lowest BCUT2D eigenvalue weighted by atomic mass is 9.64. The molecule has 0 aliphatic heterocycles. The lowest BCUT2D eigenvalue weighted by molar-refractivity contribution is -0.152. The number of rotatable bonds is 12. The van der Waals surface area contributed by atoms with Gasteiger partial charge in [-0.05, 0) is 35.8 Å². The average molecular weight is 471 g/mol. The SMILES string of the molecule is CC(=O)OC(CC(C)(C)C(C)(C)C(OS(=O)(=O)O)PCC(O)CC(C)(C)C)C(C)C. The van der Waals surface area contributed by atoms with Crippen molar-refractivity contribution < 1.29 is 31.8 Å². The van der Waals surface area contributed by atoms with Gasteiger partial charge < -0.3 is 9.84 Å². The van der Waals surface area contributed by atoms with Gasteiger partial charge in [0.1, 0.15) is 11.9 Å². The first kappa shape index (κ1) is 29.7. The van der Waals surface area contributed by atoms with Gasteiger partial charge in [-0.15, -0.1) is 0 Å². The summed E-state index contributed by atoms with van der Waals surface area (Å²) >= 11 is 0. The predicted molar refractivity (Wildman–Crippen MR) is 122 cm³/mol. The standard InChI is InChI=1S/C21H43O7PS/c1-14(2)17(27-15(3)22)12-20(7,8)21(9,10)18(28-30(24,25)26)29-13-16(23)11-19(4,5)6/h14,16-18,23,29H,11-13H2,1-10H3,(H,24,25,26). The molecule has 0 spiro atoms. The van der Waals surface area contributed by atoms with E-state index in [2.05, 4.69) is 0 Å². The summed E-state index contributed by atoms with van der Waals surface area (Å²) in [4.78, 5) is 11.5. The van der Waals surface area contributed by atoms with Gasteiger partial charge >= 0.3 is 16.4 Å². The molecule has 0 fully saturated rings. The lowest BCUT2D eigenvalue weighted by Gasteiger charge is -2.47. The first-order valence-corrected chi connectivity index (χ1v) is 13.1. The Kier molecular flexibility index (Phi) is 10.9. The minimum atomic E-state index is -4.67. The molecule has 30 heavy (non-hydrogen) atoms. The normalized spacial score (nSPS) is 17.4. The Labute approximate surface area is 185 Å². The third-order valence-electron chi connectivity index (χ3n) is 5.78. The number of ether oxygens (including phenoxy) is 1. The van der Waals surface area contributed by atoms with Crippen LogP contribution in [0.1, 0.15) is 82.1 Å². The summed E-state index contributed by atoms with van der Waals surface area (Å²) in [6, 6.07) is 0. The highest BCUT2D eigenvalue weighted by molar-refractivity contribution is 7.81. The summed E-state index contributed by atoms with van der Waals surface area (Å²) in [5, 5.41) is 10.4. The molecule has 4 atom stereocenters. The average Bonchev–Trinajstić information content (AvgIpc) is 2.46. The van der Waals surface area contributed by atoms with E-state index in [1.54, 1.807) is 0 Å². The smallest absolute Gasteiger partial charge is 0.397 e. The molecule has 0 aliphatic carbocycles. The van der Waals surface area contributed by atoms with E-state index in [4.69, 9.17) is 8.92 Å². The monoisotopic (exact) mass is 470 g/mol. The van der Waals surface area contributed by atoms with Gasteiger partial charge in [0.2, 0.25) is 0 Å². The zero-order chi connectivity index (χ0) is 24.1. The number of aliphatic hydroxyl groups excluding tert-OH is 1. The third kappa shape index (κ3) is 10.9. The minimum Gasteiger partial charge on any atom is -0.462 e. The fourth-order valence-electron chi connectivity index (χ4n) is 3.30. The molecular weight excluding hydrogens is 427 g/mol. The highest BCUT2D eigenvalue weighted by Gasteiger charge is 2.47. The Balaban J connectivity index is 5.67. The van der Waals surface area contributed by atoms with Crippen LogP contribution in [-0.2, 0) is 24.1 Å². The van der Waals surface area contributed by atoms with Crippen molar-refractivity contribution in [3.05, 3.63) is 0 Å². The van der Waals surface area contributed by atoms with E-state index in [9.17, 15) is 22.9 Å². The van der Waals surface area contributed by atoms with Crippen LogP contribution < -0.4 is 0 Å². The van der Waals surface area contributed by atoms with Crippen LogP contribution in [0.2, 0.25) is 0 Å². The number of carbonyl (C=O) groups is 1. The second kappa shape index (κ2) is 11.0.